The lowest BCUT2D eigenvalue weighted by atomic mass is 9.50. The predicted molar refractivity (Wildman–Crippen MR) is 118 cm³/mol. The van der Waals surface area contributed by atoms with Crippen molar-refractivity contribution in [1.82, 2.24) is 15.0 Å². The Morgan fingerprint density at radius 2 is 1.76 bits per heavy atom. The minimum absolute atomic E-state index is 0.210. The summed E-state index contributed by atoms with van der Waals surface area (Å²) in [5, 5.41) is 8.31. The number of Topliss-reactive ketones (excluding diaryl/α,β-unsaturated/α-hetero) is 1. The number of ketones is 1. The van der Waals surface area contributed by atoms with Crippen molar-refractivity contribution in [2.45, 2.75) is 99.0 Å². The third kappa shape index (κ3) is 4.18. The quantitative estimate of drug-likeness (QED) is 0.573. The van der Waals surface area contributed by atoms with Crippen LogP contribution in [-0.4, -0.2) is 20.8 Å². The lowest BCUT2D eigenvalue weighted by molar-refractivity contribution is -0.131. The van der Waals surface area contributed by atoms with Crippen LogP contribution >= 0.6 is 0 Å². The van der Waals surface area contributed by atoms with Crippen molar-refractivity contribution in [3.05, 3.63) is 12.4 Å². The zero-order valence-corrected chi connectivity index (χ0v) is 19.4. The van der Waals surface area contributed by atoms with Crippen LogP contribution in [0.3, 0.4) is 0 Å². The molecule has 3 fully saturated rings. The number of fused-ring (bicyclic) bond motifs is 3. The van der Waals surface area contributed by atoms with Crippen LogP contribution in [0.5, 0.6) is 0 Å². The summed E-state index contributed by atoms with van der Waals surface area (Å²) < 4.78 is 0. The van der Waals surface area contributed by atoms with Crippen LogP contribution in [0.15, 0.2) is 12.4 Å². The number of hydrogen-bond acceptors (Lipinski definition) is 3. The molecule has 1 aromatic rings. The molecule has 1 heterocycles. The van der Waals surface area contributed by atoms with Crippen molar-refractivity contribution in [3.8, 4) is 0 Å². The lowest BCUT2D eigenvalue weighted by Crippen LogP contribution is -2.48. The molecule has 29 heavy (non-hydrogen) atoms. The number of carbonyl (C=O) groups excluding carboxylic acids is 1. The third-order valence-electron chi connectivity index (χ3n) is 8.82. The summed E-state index contributed by atoms with van der Waals surface area (Å²) in [4.78, 5) is 14.7. The number of aromatic nitrogens is 3. The Bertz CT molecular complexity index is 643. The van der Waals surface area contributed by atoms with Crippen molar-refractivity contribution in [3.63, 3.8) is 0 Å². The first-order valence-corrected chi connectivity index (χ1v) is 12.4. The fourth-order valence-corrected chi connectivity index (χ4v) is 7.63. The van der Waals surface area contributed by atoms with Crippen LogP contribution < -0.4 is 0 Å². The third-order valence-corrected chi connectivity index (χ3v) is 8.82. The van der Waals surface area contributed by atoms with Crippen LogP contribution in [0.2, 0.25) is 0 Å². The van der Waals surface area contributed by atoms with Gasteiger partial charge in [0.1, 0.15) is 6.54 Å². The Kier molecular flexibility index (Phi) is 7.56. The Morgan fingerprint density at radius 1 is 1.03 bits per heavy atom. The highest BCUT2D eigenvalue weighted by Gasteiger charge is 2.57. The van der Waals surface area contributed by atoms with Gasteiger partial charge in [0.15, 0.2) is 5.78 Å². The average molecular weight is 402 g/mol. The van der Waals surface area contributed by atoms with Gasteiger partial charge in [0.2, 0.25) is 0 Å². The highest BCUT2D eigenvalue weighted by molar-refractivity contribution is 5.81. The molecule has 7 atom stereocenters. The van der Waals surface area contributed by atoms with Gasteiger partial charge in [-0.15, -0.1) is 0 Å². The van der Waals surface area contributed by atoms with E-state index in [9.17, 15) is 4.79 Å². The summed E-state index contributed by atoms with van der Waals surface area (Å²) in [5.41, 5.74) is 0.210. The van der Waals surface area contributed by atoms with Gasteiger partial charge < -0.3 is 0 Å². The molecule has 0 N–H and O–H groups in total. The van der Waals surface area contributed by atoms with E-state index >= 15 is 0 Å². The highest BCUT2D eigenvalue weighted by Crippen LogP contribution is 2.63. The first-order valence-electron chi connectivity index (χ1n) is 12.4. The Balaban J connectivity index is 0.00000117. The van der Waals surface area contributed by atoms with Crippen molar-refractivity contribution < 1.29 is 4.79 Å². The molecule has 4 rings (SSSR count). The topological polar surface area (TPSA) is 47.8 Å². The smallest absolute Gasteiger partial charge is 0.159 e. The summed E-state index contributed by atoms with van der Waals surface area (Å²) in [6, 6.07) is 0. The van der Waals surface area contributed by atoms with Crippen LogP contribution in [0, 0.1) is 40.9 Å². The monoisotopic (exact) mass is 401 g/mol. The van der Waals surface area contributed by atoms with Gasteiger partial charge in [0.25, 0.3) is 0 Å². The van der Waals surface area contributed by atoms with Gasteiger partial charge in [-0.3, -0.25) is 4.79 Å². The maximum Gasteiger partial charge on any atom is 0.159 e. The summed E-state index contributed by atoms with van der Waals surface area (Å²) in [6.45, 7) is 11.6. The van der Waals surface area contributed by atoms with E-state index in [1.165, 1.54) is 51.4 Å². The summed E-state index contributed by atoms with van der Waals surface area (Å²) in [6.07, 6.45) is 15.2. The van der Waals surface area contributed by atoms with E-state index in [1.807, 2.05) is 13.8 Å². The van der Waals surface area contributed by atoms with Crippen molar-refractivity contribution >= 4 is 5.78 Å². The van der Waals surface area contributed by atoms with E-state index in [2.05, 4.69) is 31.0 Å². The molecule has 0 spiro atoms. The number of rotatable bonds is 6. The molecule has 1 aromatic heterocycles. The van der Waals surface area contributed by atoms with Crippen molar-refractivity contribution in [1.29, 1.82) is 0 Å². The molecule has 0 amide bonds. The molecular formula is C25H43N3O. The molecule has 0 aliphatic heterocycles. The number of hydrogen-bond donors (Lipinski definition) is 0. The molecule has 4 nitrogen and oxygen atoms in total. The summed E-state index contributed by atoms with van der Waals surface area (Å²) in [5.74, 6) is 5.00. The molecule has 0 saturated heterocycles. The van der Waals surface area contributed by atoms with Crippen molar-refractivity contribution in [2.75, 3.05) is 0 Å². The summed E-state index contributed by atoms with van der Waals surface area (Å²) in [7, 11) is 0. The van der Waals surface area contributed by atoms with Crippen LogP contribution in [-0.2, 0) is 11.3 Å². The van der Waals surface area contributed by atoms with Gasteiger partial charge in [-0.05, 0) is 73.5 Å². The zero-order valence-electron chi connectivity index (χ0n) is 19.4. The minimum atomic E-state index is 0.210. The van der Waals surface area contributed by atoms with E-state index in [0.29, 0.717) is 12.3 Å². The molecule has 0 radical (unpaired) electrons. The van der Waals surface area contributed by atoms with Gasteiger partial charge in [0.05, 0.1) is 12.4 Å². The highest BCUT2D eigenvalue weighted by atomic mass is 16.1. The van der Waals surface area contributed by atoms with Gasteiger partial charge in [-0.1, -0.05) is 53.9 Å². The zero-order chi connectivity index (χ0) is 21.0. The van der Waals surface area contributed by atoms with Gasteiger partial charge >= 0.3 is 0 Å². The SMILES string of the molecule is CC.CCCC1C(CC)CCC2C1CCC1(C)C(C(=O)Cn3nccn3)CCC21. The van der Waals surface area contributed by atoms with E-state index in [-0.39, 0.29) is 11.3 Å². The second-order valence-corrected chi connectivity index (χ2v) is 9.83. The first-order chi connectivity index (χ1) is 14.1. The Hall–Kier alpha value is -1.19. The van der Waals surface area contributed by atoms with Crippen LogP contribution in [0.4, 0.5) is 0 Å². The molecule has 3 aliphatic rings. The van der Waals surface area contributed by atoms with E-state index in [1.54, 1.807) is 17.2 Å². The van der Waals surface area contributed by atoms with Gasteiger partial charge in [-0.2, -0.15) is 15.0 Å². The molecular weight excluding hydrogens is 358 g/mol. The van der Waals surface area contributed by atoms with Crippen LogP contribution in [0.25, 0.3) is 0 Å². The Labute approximate surface area is 178 Å². The maximum absolute atomic E-state index is 13.1. The normalized spacial score (nSPS) is 38.5. The molecule has 7 unspecified atom stereocenters. The lowest BCUT2D eigenvalue weighted by Gasteiger charge is -2.54. The molecule has 0 aromatic carbocycles. The van der Waals surface area contributed by atoms with E-state index in [4.69, 9.17) is 0 Å². The maximum atomic E-state index is 13.1. The first kappa shape index (κ1) is 22.5. The van der Waals surface area contributed by atoms with Crippen molar-refractivity contribution in [2.24, 2.45) is 40.9 Å². The largest absolute Gasteiger partial charge is 0.297 e. The number of nitrogens with zero attached hydrogens (tertiary/aromatic N) is 3. The van der Waals surface area contributed by atoms with Crippen LogP contribution in [0.1, 0.15) is 92.4 Å². The van der Waals surface area contributed by atoms with Gasteiger partial charge in [0, 0.05) is 5.92 Å². The second kappa shape index (κ2) is 9.75. The summed E-state index contributed by atoms with van der Waals surface area (Å²) >= 11 is 0. The fraction of sp³-hybridized carbons (Fsp3) is 0.880. The van der Waals surface area contributed by atoms with E-state index in [0.717, 1.165) is 36.0 Å². The van der Waals surface area contributed by atoms with Gasteiger partial charge in [-0.25, -0.2) is 0 Å². The molecule has 164 valence electrons. The average Bonchev–Trinajstić information content (AvgIpc) is 3.37. The standard InChI is InChI=1S/C23H37N3O.C2H6/c1-4-6-17-16(5-2)7-8-19-18(17)11-12-23(3)20(19)9-10-21(23)22(27)15-26-24-13-14-25-26;1-2/h13-14,16-21H,4-12,15H2,1-3H3;1-2H3. The minimum Gasteiger partial charge on any atom is -0.297 e. The molecule has 3 saturated carbocycles. The second-order valence-electron chi connectivity index (χ2n) is 9.83. The van der Waals surface area contributed by atoms with E-state index < -0.39 is 0 Å². The number of carbonyl (C=O) groups is 1. The Morgan fingerprint density at radius 3 is 2.41 bits per heavy atom. The predicted octanol–water partition coefficient (Wildman–Crippen LogP) is 6.17. The molecule has 0 bridgehead atoms. The molecule has 3 aliphatic carbocycles. The fourth-order valence-electron chi connectivity index (χ4n) is 7.63. The molecule has 4 heteroatoms.